The van der Waals surface area contributed by atoms with E-state index in [9.17, 15) is 0 Å². The first-order chi connectivity index (χ1) is 4.19. The van der Waals surface area contributed by atoms with Gasteiger partial charge in [0.2, 0.25) is 0 Å². The minimum absolute atomic E-state index is 0.194. The van der Waals surface area contributed by atoms with Gasteiger partial charge in [-0.3, -0.25) is 0 Å². The molecule has 1 saturated carbocycles. The fraction of sp³-hybridized carbons (Fsp3) is 1.00. The van der Waals surface area contributed by atoms with Gasteiger partial charge in [0.15, 0.2) is 0 Å². The lowest BCUT2D eigenvalue weighted by atomic mass is 9.95. The van der Waals surface area contributed by atoms with Crippen molar-refractivity contribution in [2.24, 2.45) is 5.92 Å². The molecular formula is C8H16O. The molecule has 9 heavy (non-hydrogen) atoms. The van der Waals surface area contributed by atoms with Crippen LogP contribution in [0.3, 0.4) is 0 Å². The molecule has 0 bridgehead atoms. The van der Waals surface area contributed by atoms with Crippen molar-refractivity contribution in [2.45, 2.75) is 38.7 Å². The third kappa shape index (κ3) is 1.11. The first kappa shape index (κ1) is 7.07. The second kappa shape index (κ2) is 2.30. The van der Waals surface area contributed by atoms with Crippen molar-refractivity contribution in [1.29, 1.82) is 0 Å². The van der Waals surface area contributed by atoms with Crippen LogP contribution in [0.15, 0.2) is 0 Å². The predicted molar refractivity (Wildman–Crippen MR) is 38.4 cm³/mol. The van der Waals surface area contributed by atoms with Gasteiger partial charge in [0.25, 0.3) is 0 Å². The summed E-state index contributed by atoms with van der Waals surface area (Å²) in [5, 5.41) is 0. The fourth-order valence-electron chi connectivity index (χ4n) is 1.61. The first-order valence-electron chi connectivity index (χ1n) is 3.74. The van der Waals surface area contributed by atoms with Gasteiger partial charge >= 0.3 is 0 Å². The maximum Gasteiger partial charge on any atom is 0.0676 e. The minimum Gasteiger partial charge on any atom is -0.378 e. The normalized spacial score (nSPS) is 43.7. The zero-order valence-electron chi connectivity index (χ0n) is 6.61. The van der Waals surface area contributed by atoms with Gasteiger partial charge in [0.05, 0.1) is 5.60 Å². The van der Waals surface area contributed by atoms with E-state index in [-0.39, 0.29) is 5.60 Å². The van der Waals surface area contributed by atoms with Crippen molar-refractivity contribution in [3.63, 3.8) is 0 Å². The van der Waals surface area contributed by atoms with Crippen LogP contribution in [0, 0.1) is 5.92 Å². The maximum atomic E-state index is 5.41. The molecule has 0 radical (unpaired) electrons. The van der Waals surface area contributed by atoms with Gasteiger partial charge in [-0.1, -0.05) is 13.3 Å². The quantitative estimate of drug-likeness (QED) is 0.526. The van der Waals surface area contributed by atoms with Crippen molar-refractivity contribution < 1.29 is 4.74 Å². The monoisotopic (exact) mass is 128 g/mol. The summed E-state index contributed by atoms with van der Waals surface area (Å²) >= 11 is 0. The van der Waals surface area contributed by atoms with Crippen LogP contribution in [0.1, 0.15) is 33.1 Å². The molecule has 1 aliphatic carbocycles. The third-order valence-corrected chi connectivity index (χ3v) is 2.82. The molecule has 0 amide bonds. The molecular weight excluding hydrogens is 112 g/mol. The fourth-order valence-corrected chi connectivity index (χ4v) is 1.61. The van der Waals surface area contributed by atoms with Crippen LogP contribution in [-0.4, -0.2) is 12.7 Å². The summed E-state index contributed by atoms with van der Waals surface area (Å²) in [7, 11) is 1.82. The molecule has 1 heteroatoms. The highest BCUT2D eigenvalue weighted by atomic mass is 16.5. The lowest BCUT2D eigenvalue weighted by molar-refractivity contribution is -0.0196. The highest BCUT2D eigenvalue weighted by Crippen LogP contribution is 2.37. The Balaban J connectivity index is 2.56. The molecule has 2 atom stereocenters. The van der Waals surface area contributed by atoms with E-state index in [0.29, 0.717) is 0 Å². The lowest BCUT2D eigenvalue weighted by Crippen LogP contribution is -2.29. The number of hydrogen-bond donors (Lipinski definition) is 0. The van der Waals surface area contributed by atoms with E-state index in [1.807, 2.05) is 7.11 Å². The number of rotatable bonds is 1. The second-order valence-electron chi connectivity index (χ2n) is 3.31. The molecule has 0 aliphatic heterocycles. The zero-order chi connectivity index (χ0) is 6.91. The van der Waals surface area contributed by atoms with Gasteiger partial charge in [-0.15, -0.1) is 0 Å². The molecule has 54 valence electrons. The van der Waals surface area contributed by atoms with E-state index in [1.165, 1.54) is 19.3 Å². The number of methoxy groups -OCH3 is 1. The van der Waals surface area contributed by atoms with E-state index in [4.69, 9.17) is 4.74 Å². The zero-order valence-corrected chi connectivity index (χ0v) is 6.61. The van der Waals surface area contributed by atoms with Gasteiger partial charge in [-0.05, 0) is 25.7 Å². The second-order valence-corrected chi connectivity index (χ2v) is 3.31. The van der Waals surface area contributed by atoms with E-state index in [2.05, 4.69) is 13.8 Å². The van der Waals surface area contributed by atoms with E-state index in [0.717, 1.165) is 5.92 Å². The predicted octanol–water partition coefficient (Wildman–Crippen LogP) is 2.21. The molecule has 1 unspecified atom stereocenters. The first-order valence-corrected chi connectivity index (χ1v) is 3.74. The highest BCUT2D eigenvalue weighted by molar-refractivity contribution is 4.86. The van der Waals surface area contributed by atoms with E-state index in [1.54, 1.807) is 0 Å². The van der Waals surface area contributed by atoms with Gasteiger partial charge < -0.3 is 4.74 Å². The summed E-state index contributed by atoms with van der Waals surface area (Å²) in [6.45, 7) is 4.49. The van der Waals surface area contributed by atoms with Crippen LogP contribution in [-0.2, 0) is 4.74 Å². The van der Waals surface area contributed by atoms with Crippen LogP contribution < -0.4 is 0 Å². The Morgan fingerprint density at radius 1 is 1.56 bits per heavy atom. The summed E-state index contributed by atoms with van der Waals surface area (Å²) in [4.78, 5) is 0. The van der Waals surface area contributed by atoms with Crippen LogP contribution in [0.4, 0.5) is 0 Å². The minimum atomic E-state index is 0.194. The van der Waals surface area contributed by atoms with Crippen LogP contribution in [0.5, 0.6) is 0 Å². The maximum absolute atomic E-state index is 5.41. The molecule has 0 aromatic heterocycles. The van der Waals surface area contributed by atoms with Crippen molar-refractivity contribution in [2.75, 3.05) is 7.11 Å². The van der Waals surface area contributed by atoms with Crippen molar-refractivity contribution >= 4 is 0 Å². The summed E-state index contributed by atoms with van der Waals surface area (Å²) in [5.41, 5.74) is 0.194. The summed E-state index contributed by atoms with van der Waals surface area (Å²) in [6.07, 6.45) is 3.92. The molecule has 0 heterocycles. The van der Waals surface area contributed by atoms with Crippen LogP contribution >= 0.6 is 0 Å². The standard InChI is InChI=1S/C8H16O/c1-7-5-4-6-8(7,2)9-3/h7H,4-6H2,1-3H3/t7?,8-/m0/s1. The SMILES string of the molecule is CO[C@@]1(C)CCCC1C. The topological polar surface area (TPSA) is 9.23 Å². The largest absolute Gasteiger partial charge is 0.378 e. The Morgan fingerprint density at radius 2 is 2.22 bits per heavy atom. The molecule has 1 fully saturated rings. The molecule has 1 aliphatic rings. The number of hydrogen-bond acceptors (Lipinski definition) is 1. The molecule has 0 spiro atoms. The third-order valence-electron chi connectivity index (χ3n) is 2.82. The molecule has 0 saturated heterocycles. The van der Waals surface area contributed by atoms with Crippen molar-refractivity contribution in [1.82, 2.24) is 0 Å². The van der Waals surface area contributed by atoms with Gasteiger partial charge in [0, 0.05) is 7.11 Å². The Hall–Kier alpha value is -0.0400. The summed E-state index contributed by atoms with van der Waals surface area (Å²) in [6, 6.07) is 0. The van der Waals surface area contributed by atoms with Gasteiger partial charge in [-0.2, -0.15) is 0 Å². The molecule has 0 N–H and O–H groups in total. The van der Waals surface area contributed by atoms with Crippen LogP contribution in [0.2, 0.25) is 0 Å². The summed E-state index contributed by atoms with van der Waals surface area (Å²) in [5.74, 6) is 0.752. The van der Waals surface area contributed by atoms with E-state index >= 15 is 0 Å². The smallest absolute Gasteiger partial charge is 0.0676 e. The highest BCUT2D eigenvalue weighted by Gasteiger charge is 2.35. The van der Waals surface area contributed by atoms with Crippen molar-refractivity contribution in [3.8, 4) is 0 Å². The lowest BCUT2D eigenvalue weighted by Gasteiger charge is -2.27. The summed E-state index contributed by atoms with van der Waals surface area (Å²) < 4.78 is 5.41. The van der Waals surface area contributed by atoms with Gasteiger partial charge in [-0.25, -0.2) is 0 Å². The Morgan fingerprint density at radius 3 is 2.44 bits per heavy atom. The Bertz CT molecular complexity index is 101. The van der Waals surface area contributed by atoms with E-state index < -0.39 is 0 Å². The van der Waals surface area contributed by atoms with Crippen molar-refractivity contribution in [3.05, 3.63) is 0 Å². The number of ether oxygens (including phenoxy) is 1. The Labute approximate surface area is 57.4 Å². The molecule has 0 aromatic rings. The average molecular weight is 128 g/mol. The Kier molecular flexibility index (Phi) is 1.80. The van der Waals surface area contributed by atoms with Gasteiger partial charge in [0.1, 0.15) is 0 Å². The molecule has 1 rings (SSSR count). The molecule has 1 nitrogen and oxygen atoms in total. The average Bonchev–Trinajstić information content (AvgIpc) is 2.15. The molecule has 0 aromatic carbocycles. The van der Waals surface area contributed by atoms with Crippen LogP contribution in [0.25, 0.3) is 0 Å².